The maximum atomic E-state index is 14.9. The quantitative estimate of drug-likeness (QED) is 0.646. The van der Waals surface area contributed by atoms with Crippen LogP contribution in [0.15, 0.2) is 60.0 Å². The van der Waals surface area contributed by atoms with Crippen LogP contribution in [0.3, 0.4) is 0 Å². The van der Waals surface area contributed by atoms with E-state index in [2.05, 4.69) is 14.9 Å². The molecule has 1 fully saturated rings. The van der Waals surface area contributed by atoms with Crippen molar-refractivity contribution in [3.8, 4) is 0 Å². The summed E-state index contributed by atoms with van der Waals surface area (Å²) in [5.74, 6) is -1.47. The van der Waals surface area contributed by atoms with E-state index in [0.717, 1.165) is 37.2 Å². The van der Waals surface area contributed by atoms with Crippen molar-refractivity contribution in [2.24, 2.45) is 0 Å². The highest BCUT2D eigenvalue weighted by molar-refractivity contribution is 7.03. The van der Waals surface area contributed by atoms with Crippen LogP contribution in [0.5, 0.6) is 0 Å². The fraction of sp³-hybridized carbons (Fsp3) is 0.273. The van der Waals surface area contributed by atoms with Crippen LogP contribution in [0.1, 0.15) is 47.8 Å². The fourth-order valence-electron chi connectivity index (χ4n) is 3.80. The molecule has 1 atom stereocenters. The second kappa shape index (κ2) is 9.13. The van der Waals surface area contributed by atoms with E-state index in [1.165, 1.54) is 22.4 Å². The van der Waals surface area contributed by atoms with Crippen molar-refractivity contribution in [3.05, 3.63) is 77.1 Å². The van der Waals surface area contributed by atoms with Crippen molar-refractivity contribution in [1.29, 1.82) is 0 Å². The molecular weight excluding hydrogens is 403 g/mol. The van der Waals surface area contributed by atoms with Gasteiger partial charge in [0.2, 0.25) is 5.91 Å². The first-order valence-corrected chi connectivity index (χ1v) is 10.7. The van der Waals surface area contributed by atoms with Crippen molar-refractivity contribution in [2.75, 3.05) is 4.90 Å². The minimum atomic E-state index is -1.18. The van der Waals surface area contributed by atoms with E-state index >= 15 is 0 Å². The van der Waals surface area contributed by atoms with E-state index in [4.69, 9.17) is 0 Å². The van der Waals surface area contributed by atoms with Gasteiger partial charge in [0.05, 0.1) is 0 Å². The summed E-state index contributed by atoms with van der Waals surface area (Å²) < 4.78 is 18.6. The first kappa shape index (κ1) is 20.2. The third-order valence-electron chi connectivity index (χ3n) is 5.24. The maximum Gasteiger partial charge on any atom is 0.280 e. The summed E-state index contributed by atoms with van der Waals surface area (Å²) in [6.45, 7) is 0. The van der Waals surface area contributed by atoms with Gasteiger partial charge in [0.25, 0.3) is 5.91 Å². The molecule has 2 amide bonds. The maximum absolute atomic E-state index is 14.9. The molecule has 154 valence electrons. The lowest BCUT2D eigenvalue weighted by Crippen LogP contribution is -2.46. The van der Waals surface area contributed by atoms with Crippen molar-refractivity contribution < 1.29 is 14.0 Å². The Morgan fingerprint density at radius 2 is 1.77 bits per heavy atom. The number of para-hydroxylation sites is 1. The highest BCUT2D eigenvalue weighted by atomic mass is 32.1. The summed E-state index contributed by atoms with van der Waals surface area (Å²) in [4.78, 5) is 28.1. The lowest BCUT2D eigenvalue weighted by atomic mass is 10.0. The zero-order chi connectivity index (χ0) is 20.9. The molecule has 0 unspecified atom stereocenters. The number of rotatable bonds is 6. The predicted octanol–water partition coefficient (Wildman–Crippen LogP) is 4.12. The number of hydrogen-bond acceptors (Lipinski definition) is 5. The monoisotopic (exact) mass is 424 g/mol. The average molecular weight is 425 g/mol. The van der Waals surface area contributed by atoms with Crippen LogP contribution in [-0.4, -0.2) is 27.4 Å². The third kappa shape index (κ3) is 4.23. The molecule has 8 heteroatoms. The molecule has 1 saturated carbocycles. The number of nitrogens with one attached hydrogen (secondary N) is 1. The van der Waals surface area contributed by atoms with Crippen LogP contribution in [0.4, 0.5) is 10.1 Å². The molecule has 1 heterocycles. The largest absolute Gasteiger partial charge is 0.351 e. The van der Waals surface area contributed by atoms with E-state index in [0.29, 0.717) is 5.69 Å². The van der Waals surface area contributed by atoms with E-state index < -0.39 is 23.7 Å². The lowest BCUT2D eigenvalue weighted by molar-refractivity contribution is -0.123. The van der Waals surface area contributed by atoms with Crippen LogP contribution in [0, 0.1) is 5.82 Å². The molecule has 1 aliphatic carbocycles. The molecule has 2 aromatic carbocycles. The van der Waals surface area contributed by atoms with Gasteiger partial charge in [-0.15, -0.1) is 5.10 Å². The Hall–Kier alpha value is -3.13. The molecule has 0 spiro atoms. The number of carbonyl (C=O) groups is 2. The minimum absolute atomic E-state index is 0.0282. The van der Waals surface area contributed by atoms with Gasteiger partial charge in [-0.05, 0) is 42.6 Å². The van der Waals surface area contributed by atoms with Gasteiger partial charge >= 0.3 is 0 Å². The number of halogens is 1. The van der Waals surface area contributed by atoms with Crippen LogP contribution in [-0.2, 0) is 4.79 Å². The van der Waals surface area contributed by atoms with E-state index in [9.17, 15) is 14.0 Å². The Bertz CT molecular complexity index is 1010. The standard InChI is InChI=1S/C22H21FN4O2S/c23-18-13-7-6-12-17(18)20(21(28)24-15-8-4-5-9-15)27(16-10-2-1-3-11-16)22(29)19-14-30-26-25-19/h1-3,6-7,10-15,20H,4-5,8-9H2,(H,24,28)/t20-/m0/s1. The Morgan fingerprint density at radius 1 is 1.07 bits per heavy atom. The number of benzene rings is 2. The third-order valence-corrected chi connectivity index (χ3v) is 5.74. The summed E-state index contributed by atoms with van der Waals surface area (Å²) in [5, 5.41) is 8.42. The first-order valence-electron chi connectivity index (χ1n) is 9.85. The average Bonchev–Trinajstić information content (AvgIpc) is 3.47. The Labute approximate surface area is 177 Å². The molecule has 1 aromatic heterocycles. The zero-order valence-corrected chi connectivity index (χ0v) is 17.0. The van der Waals surface area contributed by atoms with Crippen molar-refractivity contribution in [3.63, 3.8) is 0 Å². The number of aromatic nitrogens is 2. The molecular formula is C22H21FN4O2S. The van der Waals surface area contributed by atoms with Gasteiger partial charge in [-0.25, -0.2) is 4.39 Å². The Kier molecular flexibility index (Phi) is 6.13. The summed E-state index contributed by atoms with van der Waals surface area (Å²) in [6, 6.07) is 13.7. The van der Waals surface area contributed by atoms with Gasteiger partial charge in [-0.1, -0.05) is 53.7 Å². The molecule has 0 aliphatic heterocycles. The van der Waals surface area contributed by atoms with Gasteiger partial charge in [0.1, 0.15) is 11.9 Å². The molecule has 30 heavy (non-hydrogen) atoms. The van der Waals surface area contributed by atoms with Gasteiger partial charge in [-0.3, -0.25) is 14.5 Å². The molecule has 3 aromatic rings. The minimum Gasteiger partial charge on any atom is -0.351 e. The molecule has 6 nitrogen and oxygen atoms in total. The predicted molar refractivity (Wildman–Crippen MR) is 113 cm³/mol. The van der Waals surface area contributed by atoms with Crippen molar-refractivity contribution in [1.82, 2.24) is 14.9 Å². The zero-order valence-electron chi connectivity index (χ0n) is 16.2. The molecule has 4 rings (SSSR count). The number of nitrogens with zero attached hydrogens (tertiary/aromatic N) is 3. The Morgan fingerprint density at radius 3 is 2.43 bits per heavy atom. The van der Waals surface area contributed by atoms with Gasteiger partial charge < -0.3 is 5.32 Å². The van der Waals surface area contributed by atoms with Crippen LogP contribution >= 0.6 is 11.5 Å². The molecule has 1 N–H and O–H groups in total. The van der Waals surface area contributed by atoms with Crippen LogP contribution in [0.2, 0.25) is 0 Å². The van der Waals surface area contributed by atoms with E-state index in [1.807, 2.05) is 6.07 Å². The molecule has 0 radical (unpaired) electrons. The van der Waals surface area contributed by atoms with Gasteiger partial charge in [-0.2, -0.15) is 0 Å². The highest BCUT2D eigenvalue weighted by Crippen LogP contribution is 2.31. The summed E-state index contributed by atoms with van der Waals surface area (Å²) in [5.41, 5.74) is 0.720. The molecule has 0 bridgehead atoms. The number of carbonyl (C=O) groups excluding carboxylic acids is 2. The van der Waals surface area contributed by atoms with Gasteiger partial charge in [0.15, 0.2) is 5.69 Å². The number of hydrogen-bond donors (Lipinski definition) is 1. The normalized spacial score (nSPS) is 15.0. The summed E-state index contributed by atoms with van der Waals surface area (Å²) >= 11 is 1.04. The molecule has 1 aliphatic rings. The second-order valence-corrected chi connectivity index (χ2v) is 7.82. The second-order valence-electron chi connectivity index (χ2n) is 7.21. The first-order chi connectivity index (χ1) is 14.6. The number of anilines is 1. The lowest BCUT2D eigenvalue weighted by Gasteiger charge is -2.32. The van der Waals surface area contributed by atoms with Crippen molar-refractivity contribution in [2.45, 2.75) is 37.8 Å². The number of amides is 2. The fourth-order valence-corrected chi connectivity index (χ4v) is 4.23. The van der Waals surface area contributed by atoms with Crippen molar-refractivity contribution >= 4 is 29.0 Å². The topological polar surface area (TPSA) is 75.2 Å². The Balaban J connectivity index is 1.81. The van der Waals surface area contributed by atoms with E-state index in [-0.39, 0.29) is 17.3 Å². The molecule has 0 saturated heterocycles. The smallest absolute Gasteiger partial charge is 0.280 e. The van der Waals surface area contributed by atoms with E-state index in [1.54, 1.807) is 36.4 Å². The highest BCUT2D eigenvalue weighted by Gasteiger charge is 2.37. The van der Waals surface area contributed by atoms with Crippen LogP contribution in [0.25, 0.3) is 0 Å². The summed E-state index contributed by atoms with van der Waals surface area (Å²) in [6.07, 6.45) is 3.85. The van der Waals surface area contributed by atoms with Crippen LogP contribution < -0.4 is 10.2 Å². The SMILES string of the molecule is O=C(NC1CCCC1)[C@H](c1ccccc1F)N(C(=O)c1csnn1)c1ccccc1. The van der Waals surface area contributed by atoms with Gasteiger partial charge in [0, 0.05) is 22.7 Å². The summed E-state index contributed by atoms with van der Waals surface area (Å²) in [7, 11) is 0.